The van der Waals surface area contributed by atoms with Crippen LogP contribution in [0.1, 0.15) is 66.2 Å². The highest BCUT2D eigenvalue weighted by molar-refractivity contribution is 5.92. The van der Waals surface area contributed by atoms with Gasteiger partial charge in [-0.2, -0.15) is 0 Å². The molecule has 2 aliphatic rings. The van der Waals surface area contributed by atoms with E-state index in [1.807, 2.05) is 16.9 Å². The molecule has 1 aliphatic carbocycles. The van der Waals surface area contributed by atoms with Gasteiger partial charge in [0.25, 0.3) is 5.91 Å². The third kappa shape index (κ3) is 4.78. The topological polar surface area (TPSA) is 72.3 Å². The Labute approximate surface area is 172 Å². The van der Waals surface area contributed by atoms with Crippen LogP contribution in [0.15, 0.2) is 24.4 Å². The molecule has 29 heavy (non-hydrogen) atoms. The lowest BCUT2D eigenvalue weighted by molar-refractivity contribution is 0.0932. The van der Waals surface area contributed by atoms with E-state index in [4.69, 9.17) is 4.74 Å². The molecule has 2 fully saturated rings. The van der Waals surface area contributed by atoms with Gasteiger partial charge in [-0.15, -0.1) is 5.10 Å². The van der Waals surface area contributed by atoms with E-state index >= 15 is 0 Å². The van der Waals surface area contributed by atoms with Gasteiger partial charge in [0.05, 0.1) is 19.3 Å². The number of amides is 1. The summed E-state index contributed by atoms with van der Waals surface area (Å²) in [6.07, 6.45) is 8.53. The van der Waals surface area contributed by atoms with Crippen molar-refractivity contribution >= 4 is 5.91 Å². The average Bonchev–Trinajstić information content (AvgIpc) is 3.40. The number of ether oxygens (including phenoxy) is 1. The molecule has 0 radical (unpaired) electrons. The minimum Gasteiger partial charge on any atom is -0.496 e. The molecular weight excluding hydrogens is 366 g/mol. The summed E-state index contributed by atoms with van der Waals surface area (Å²) in [6.45, 7) is 4.98. The monoisotopic (exact) mass is 397 g/mol. The Morgan fingerprint density at radius 1 is 1.24 bits per heavy atom. The smallest absolute Gasteiger partial charge is 0.273 e. The zero-order chi connectivity index (χ0) is 20.2. The minimum atomic E-state index is -0.0930. The van der Waals surface area contributed by atoms with Crippen LogP contribution < -0.4 is 10.1 Å². The molecule has 2 aromatic rings. The molecule has 7 heteroatoms. The van der Waals surface area contributed by atoms with Crippen LogP contribution in [0.4, 0.5) is 0 Å². The molecule has 1 saturated heterocycles. The van der Waals surface area contributed by atoms with Crippen LogP contribution in [-0.4, -0.2) is 52.0 Å². The van der Waals surface area contributed by atoms with Crippen LogP contribution >= 0.6 is 0 Å². The largest absolute Gasteiger partial charge is 0.496 e. The Bertz CT molecular complexity index is 843. The van der Waals surface area contributed by atoms with Crippen molar-refractivity contribution in [2.75, 3.05) is 20.2 Å². The zero-order valence-electron chi connectivity index (χ0n) is 17.4. The minimum absolute atomic E-state index is 0.0930. The van der Waals surface area contributed by atoms with Crippen molar-refractivity contribution < 1.29 is 9.53 Å². The van der Waals surface area contributed by atoms with E-state index in [1.54, 1.807) is 7.11 Å². The highest BCUT2D eigenvalue weighted by atomic mass is 16.5. The summed E-state index contributed by atoms with van der Waals surface area (Å²) in [5.74, 6) is 0.834. The number of aryl methyl sites for hydroxylation is 1. The van der Waals surface area contributed by atoms with Gasteiger partial charge in [0, 0.05) is 19.1 Å². The number of benzene rings is 1. The molecule has 1 saturated carbocycles. The van der Waals surface area contributed by atoms with Gasteiger partial charge in [-0.3, -0.25) is 9.69 Å². The maximum absolute atomic E-state index is 12.4. The molecule has 1 aliphatic heterocycles. The molecule has 1 N–H and O–H groups in total. The Balaban J connectivity index is 1.36. The first kappa shape index (κ1) is 19.9. The summed E-state index contributed by atoms with van der Waals surface area (Å²) < 4.78 is 7.25. The van der Waals surface area contributed by atoms with E-state index in [9.17, 15) is 4.79 Å². The third-order valence-electron chi connectivity index (χ3n) is 6.15. The fourth-order valence-electron chi connectivity index (χ4n) is 4.58. The third-order valence-corrected chi connectivity index (χ3v) is 6.15. The lowest BCUT2D eigenvalue weighted by Gasteiger charge is -2.32. The van der Waals surface area contributed by atoms with Gasteiger partial charge in [0.2, 0.25) is 0 Å². The van der Waals surface area contributed by atoms with Crippen molar-refractivity contribution in [1.82, 2.24) is 25.2 Å². The van der Waals surface area contributed by atoms with Gasteiger partial charge in [0.1, 0.15) is 5.75 Å². The summed E-state index contributed by atoms with van der Waals surface area (Å²) in [5.41, 5.74) is 2.88. The van der Waals surface area contributed by atoms with Crippen molar-refractivity contribution in [2.24, 2.45) is 0 Å². The van der Waals surface area contributed by atoms with Crippen molar-refractivity contribution in [3.05, 3.63) is 41.2 Å². The Morgan fingerprint density at radius 2 is 2.07 bits per heavy atom. The number of aromatic nitrogens is 3. The van der Waals surface area contributed by atoms with Crippen LogP contribution in [0.5, 0.6) is 5.75 Å². The number of carbonyl (C=O) groups is 1. The molecule has 1 amide bonds. The Morgan fingerprint density at radius 3 is 2.83 bits per heavy atom. The molecular formula is C22H31N5O2. The van der Waals surface area contributed by atoms with Crippen molar-refractivity contribution in [2.45, 2.75) is 64.1 Å². The highest BCUT2D eigenvalue weighted by Crippen LogP contribution is 2.24. The van der Waals surface area contributed by atoms with Crippen LogP contribution in [0.3, 0.4) is 0 Å². The van der Waals surface area contributed by atoms with Gasteiger partial charge < -0.3 is 10.1 Å². The molecule has 1 atom stereocenters. The van der Waals surface area contributed by atoms with E-state index in [-0.39, 0.29) is 11.9 Å². The second-order valence-electron chi connectivity index (χ2n) is 8.37. The first-order valence-electron chi connectivity index (χ1n) is 10.7. The standard InChI is InChI=1S/C22H31N5O2/c1-16-12-17(9-10-21(16)29-2)13-26-11-5-8-19(14-26)27-15-20(24-25-27)22(28)23-18-6-3-4-7-18/h9-10,12,15,18-19H,3-8,11,13-14H2,1-2H3,(H,23,28). The summed E-state index contributed by atoms with van der Waals surface area (Å²) in [5, 5.41) is 11.5. The summed E-state index contributed by atoms with van der Waals surface area (Å²) in [7, 11) is 1.71. The number of carbonyl (C=O) groups excluding carboxylic acids is 1. The van der Waals surface area contributed by atoms with Crippen molar-refractivity contribution in [3.8, 4) is 5.75 Å². The number of hydrogen-bond acceptors (Lipinski definition) is 5. The molecule has 156 valence electrons. The lowest BCUT2D eigenvalue weighted by atomic mass is 10.0. The molecule has 1 aromatic carbocycles. The number of nitrogens with one attached hydrogen (secondary N) is 1. The zero-order valence-corrected chi connectivity index (χ0v) is 17.4. The van der Waals surface area contributed by atoms with Gasteiger partial charge >= 0.3 is 0 Å². The van der Waals surface area contributed by atoms with E-state index < -0.39 is 0 Å². The van der Waals surface area contributed by atoms with E-state index in [2.05, 4.69) is 39.6 Å². The Kier molecular flexibility index (Phi) is 6.13. The maximum atomic E-state index is 12.4. The number of nitrogens with zero attached hydrogens (tertiary/aromatic N) is 4. The maximum Gasteiger partial charge on any atom is 0.273 e. The SMILES string of the molecule is COc1ccc(CN2CCCC(n3cc(C(=O)NC4CCCC4)nn3)C2)cc1C. The fraction of sp³-hybridized carbons (Fsp3) is 0.591. The second-order valence-corrected chi connectivity index (χ2v) is 8.37. The van der Waals surface area contributed by atoms with Crippen LogP contribution in [0.25, 0.3) is 0 Å². The van der Waals surface area contributed by atoms with Crippen molar-refractivity contribution in [3.63, 3.8) is 0 Å². The molecule has 0 bridgehead atoms. The molecule has 4 rings (SSSR count). The molecule has 7 nitrogen and oxygen atoms in total. The van der Waals surface area contributed by atoms with Gasteiger partial charge in [0.15, 0.2) is 5.69 Å². The van der Waals surface area contributed by atoms with Gasteiger partial charge in [-0.25, -0.2) is 4.68 Å². The summed E-state index contributed by atoms with van der Waals surface area (Å²) >= 11 is 0. The molecule has 0 spiro atoms. The fourth-order valence-corrected chi connectivity index (χ4v) is 4.58. The number of rotatable bonds is 6. The summed E-state index contributed by atoms with van der Waals surface area (Å²) in [6, 6.07) is 6.92. The second kappa shape index (κ2) is 8.95. The van der Waals surface area contributed by atoms with E-state index in [0.717, 1.165) is 56.6 Å². The first-order chi connectivity index (χ1) is 14.1. The first-order valence-corrected chi connectivity index (χ1v) is 10.7. The van der Waals surface area contributed by atoms with Gasteiger partial charge in [-0.05, 0) is 56.3 Å². The number of methoxy groups -OCH3 is 1. The van der Waals surface area contributed by atoms with Crippen LogP contribution in [0.2, 0.25) is 0 Å². The van der Waals surface area contributed by atoms with Crippen LogP contribution in [-0.2, 0) is 6.54 Å². The van der Waals surface area contributed by atoms with Gasteiger partial charge in [-0.1, -0.05) is 30.2 Å². The Hall–Kier alpha value is -2.41. The molecule has 1 aromatic heterocycles. The quantitative estimate of drug-likeness (QED) is 0.811. The van der Waals surface area contributed by atoms with E-state index in [1.165, 1.54) is 18.4 Å². The van der Waals surface area contributed by atoms with Crippen LogP contribution in [0, 0.1) is 6.92 Å². The predicted molar refractivity (Wildman–Crippen MR) is 111 cm³/mol. The lowest BCUT2D eigenvalue weighted by Crippen LogP contribution is -2.36. The molecule has 1 unspecified atom stereocenters. The average molecular weight is 398 g/mol. The van der Waals surface area contributed by atoms with E-state index in [0.29, 0.717) is 11.7 Å². The predicted octanol–water partition coefficient (Wildman–Crippen LogP) is 3.10. The van der Waals surface area contributed by atoms with Crippen molar-refractivity contribution in [1.29, 1.82) is 0 Å². The number of likely N-dealkylation sites (tertiary alicyclic amines) is 1. The summed E-state index contributed by atoms with van der Waals surface area (Å²) in [4.78, 5) is 14.9. The normalized spacial score (nSPS) is 20.7. The molecule has 2 heterocycles. The highest BCUT2D eigenvalue weighted by Gasteiger charge is 2.25. The number of piperidine rings is 1. The number of hydrogen-bond donors (Lipinski definition) is 1.